The standard InChI is InChI=1S/C12H17N3O3/c1-8-10(11(16)17)7-13-12(14-8)15-5-3-9(18-2)4-6-15/h7,9H,3-6H2,1-2H3,(H,16,17). The predicted octanol–water partition coefficient (Wildman–Crippen LogP) is 1.10. The largest absolute Gasteiger partial charge is 0.478 e. The lowest BCUT2D eigenvalue weighted by molar-refractivity contribution is 0.0695. The van der Waals surface area contributed by atoms with Gasteiger partial charge in [-0.2, -0.15) is 0 Å². The molecule has 1 aliphatic heterocycles. The van der Waals surface area contributed by atoms with E-state index >= 15 is 0 Å². The normalized spacial score (nSPS) is 16.9. The monoisotopic (exact) mass is 251 g/mol. The van der Waals surface area contributed by atoms with Gasteiger partial charge >= 0.3 is 5.97 Å². The first-order valence-corrected chi connectivity index (χ1v) is 5.96. The smallest absolute Gasteiger partial charge is 0.339 e. The second-order valence-corrected chi connectivity index (χ2v) is 4.40. The second kappa shape index (κ2) is 5.30. The van der Waals surface area contributed by atoms with Crippen LogP contribution in [0.25, 0.3) is 0 Å². The number of nitrogens with zero attached hydrogens (tertiary/aromatic N) is 3. The van der Waals surface area contributed by atoms with Crippen LogP contribution in [0, 0.1) is 6.92 Å². The van der Waals surface area contributed by atoms with Crippen LogP contribution in [0.4, 0.5) is 5.95 Å². The number of carboxylic acids is 1. The fourth-order valence-corrected chi connectivity index (χ4v) is 2.11. The summed E-state index contributed by atoms with van der Waals surface area (Å²) in [6.07, 6.45) is 3.57. The summed E-state index contributed by atoms with van der Waals surface area (Å²) in [6, 6.07) is 0. The summed E-state index contributed by atoms with van der Waals surface area (Å²) in [5, 5.41) is 8.92. The van der Waals surface area contributed by atoms with Crippen LogP contribution in [0.5, 0.6) is 0 Å². The number of anilines is 1. The number of hydrogen-bond donors (Lipinski definition) is 1. The van der Waals surface area contributed by atoms with Gasteiger partial charge in [-0.25, -0.2) is 14.8 Å². The van der Waals surface area contributed by atoms with E-state index in [0.29, 0.717) is 17.7 Å². The lowest BCUT2D eigenvalue weighted by atomic mass is 10.1. The third-order valence-corrected chi connectivity index (χ3v) is 3.26. The Hall–Kier alpha value is -1.69. The van der Waals surface area contributed by atoms with Crippen LogP contribution in [0.1, 0.15) is 28.9 Å². The summed E-state index contributed by atoms with van der Waals surface area (Å²) in [5.74, 6) is -0.385. The highest BCUT2D eigenvalue weighted by atomic mass is 16.5. The Labute approximate surface area is 106 Å². The summed E-state index contributed by atoms with van der Waals surface area (Å²) >= 11 is 0. The van der Waals surface area contributed by atoms with Gasteiger partial charge in [0.2, 0.25) is 5.95 Å². The zero-order chi connectivity index (χ0) is 13.1. The van der Waals surface area contributed by atoms with Crippen LogP contribution in [0.15, 0.2) is 6.20 Å². The van der Waals surface area contributed by atoms with Gasteiger partial charge in [0.1, 0.15) is 0 Å². The lowest BCUT2D eigenvalue weighted by Gasteiger charge is -2.31. The molecule has 98 valence electrons. The number of carbonyl (C=O) groups is 1. The molecular weight excluding hydrogens is 234 g/mol. The van der Waals surface area contributed by atoms with Gasteiger partial charge in [0.15, 0.2) is 0 Å². The Morgan fingerprint density at radius 3 is 2.67 bits per heavy atom. The number of hydrogen-bond acceptors (Lipinski definition) is 5. The lowest BCUT2D eigenvalue weighted by Crippen LogP contribution is -2.37. The molecular formula is C12H17N3O3. The van der Waals surface area contributed by atoms with E-state index in [9.17, 15) is 4.79 Å². The van der Waals surface area contributed by atoms with Crippen molar-refractivity contribution in [1.82, 2.24) is 9.97 Å². The number of carboxylic acid groups (broad SMARTS) is 1. The zero-order valence-electron chi connectivity index (χ0n) is 10.6. The second-order valence-electron chi connectivity index (χ2n) is 4.40. The number of ether oxygens (including phenoxy) is 1. The Kier molecular flexibility index (Phi) is 3.76. The van der Waals surface area contributed by atoms with Gasteiger partial charge in [0.25, 0.3) is 0 Å². The summed E-state index contributed by atoms with van der Waals surface area (Å²) in [7, 11) is 1.72. The SMILES string of the molecule is COC1CCN(c2ncc(C(=O)O)c(C)n2)CC1. The highest BCUT2D eigenvalue weighted by Crippen LogP contribution is 2.18. The van der Waals surface area contributed by atoms with Crippen LogP contribution in [0.3, 0.4) is 0 Å². The first-order chi connectivity index (χ1) is 8.61. The minimum Gasteiger partial charge on any atom is -0.478 e. The van der Waals surface area contributed by atoms with Gasteiger partial charge in [-0.05, 0) is 19.8 Å². The molecule has 0 radical (unpaired) electrons. The van der Waals surface area contributed by atoms with Crippen LogP contribution < -0.4 is 4.90 Å². The highest BCUT2D eigenvalue weighted by molar-refractivity contribution is 5.88. The zero-order valence-corrected chi connectivity index (χ0v) is 10.6. The molecule has 0 bridgehead atoms. The average Bonchev–Trinajstić information content (AvgIpc) is 2.38. The van der Waals surface area contributed by atoms with Crippen molar-refractivity contribution < 1.29 is 14.6 Å². The first-order valence-electron chi connectivity index (χ1n) is 5.96. The van der Waals surface area contributed by atoms with Crippen molar-refractivity contribution in [1.29, 1.82) is 0 Å². The van der Waals surface area contributed by atoms with Gasteiger partial charge in [0.05, 0.1) is 17.4 Å². The Morgan fingerprint density at radius 1 is 1.50 bits per heavy atom. The molecule has 0 unspecified atom stereocenters. The highest BCUT2D eigenvalue weighted by Gasteiger charge is 2.21. The van der Waals surface area contributed by atoms with E-state index in [-0.39, 0.29) is 5.56 Å². The summed E-state index contributed by atoms with van der Waals surface area (Å²) in [5.41, 5.74) is 0.659. The molecule has 1 aromatic heterocycles. The molecule has 0 aliphatic carbocycles. The molecule has 6 heteroatoms. The van der Waals surface area contributed by atoms with E-state index in [2.05, 4.69) is 14.9 Å². The molecule has 2 heterocycles. The molecule has 2 rings (SSSR count). The van der Waals surface area contributed by atoms with E-state index < -0.39 is 5.97 Å². The van der Waals surface area contributed by atoms with E-state index in [1.165, 1.54) is 6.20 Å². The molecule has 6 nitrogen and oxygen atoms in total. The molecule has 0 aromatic carbocycles. The van der Waals surface area contributed by atoms with E-state index in [1.807, 2.05) is 0 Å². The molecule has 1 aromatic rings. The molecule has 0 saturated carbocycles. The fraction of sp³-hybridized carbons (Fsp3) is 0.583. The van der Waals surface area contributed by atoms with Crippen molar-refractivity contribution in [3.8, 4) is 0 Å². The van der Waals surface area contributed by atoms with Gasteiger partial charge in [0, 0.05) is 26.4 Å². The topological polar surface area (TPSA) is 75.5 Å². The third kappa shape index (κ3) is 2.59. The number of piperidine rings is 1. The quantitative estimate of drug-likeness (QED) is 0.867. The number of methoxy groups -OCH3 is 1. The average molecular weight is 251 g/mol. The molecule has 18 heavy (non-hydrogen) atoms. The van der Waals surface area contributed by atoms with Crippen molar-refractivity contribution in [3.63, 3.8) is 0 Å². The Balaban J connectivity index is 2.11. The Morgan fingerprint density at radius 2 is 2.17 bits per heavy atom. The van der Waals surface area contributed by atoms with Crippen molar-refractivity contribution >= 4 is 11.9 Å². The minimum absolute atomic E-state index is 0.158. The predicted molar refractivity (Wildman–Crippen MR) is 66.0 cm³/mol. The van der Waals surface area contributed by atoms with Gasteiger partial charge < -0.3 is 14.7 Å². The van der Waals surface area contributed by atoms with E-state index in [0.717, 1.165) is 25.9 Å². The summed E-state index contributed by atoms with van der Waals surface area (Å²) in [4.78, 5) is 21.3. The number of aromatic nitrogens is 2. The number of rotatable bonds is 3. The van der Waals surface area contributed by atoms with Crippen molar-refractivity contribution in [2.45, 2.75) is 25.9 Å². The maximum Gasteiger partial charge on any atom is 0.339 e. The molecule has 0 atom stereocenters. The Bertz CT molecular complexity index is 442. The van der Waals surface area contributed by atoms with Crippen LogP contribution in [0.2, 0.25) is 0 Å². The maximum absolute atomic E-state index is 10.9. The van der Waals surface area contributed by atoms with E-state index in [4.69, 9.17) is 9.84 Å². The van der Waals surface area contributed by atoms with Gasteiger partial charge in [-0.1, -0.05) is 0 Å². The number of aryl methyl sites for hydroxylation is 1. The number of aromatic carboxylic acids is 1. The molecule has 1 N–H and O–H groups in total. The molecule has 1 aliphatic rings. The van der Waals surface area contributed by atoms with Crippen molar-refractivity contribution in [2.75, 3.05) is 25.1 Å². The van der Waals surface area contributed by atoms with Crippen molar-refractivity contribution in [2.24, 2.45) is 0 Å². The van der Waals surface area contributed by atoms with Crippen LogP contribution in [-0.2, 0) is 4.74 Å². The van der Waals surface area contributed by atoms with Gasteiger partial charge in [-0.3, -0.25) is 0 Å². The minimum atomic E-state index is -0.989. The molecule has 1 saturated heterocycles. The van der Waals surface area contributed by atoms with Crippen molar-refractivity contribution in [3.05, 3.63) is 17.5 Å². The van der Waals surface area contributed by atoms with Crippen LogP contribution >= 0.6 is 0 Å². The molecule has 0 spiro atoms. The maximum atomic E-state index is 10.9. The summed E-state index contributed by atoms with van der Waals surface area (Å²) < 4.78 is 5.30. The van der Waals surface area contributed by atoms with Gasteiger partial charge in [-0.15, -0.1) is 0 Å². The first kappa shape index (κ1) is 12.8. The van der Waals surface area contributed by atoms with Crippen LogP contribution in [-0.4, -0.2) is 47.3 Å². The summed E-state index contributed by atoms with van der Waals surface area (Å²) in [6.45, 7) is 3.37. The molecule has 1 fully saturated rings. The molecule has 0 amide bonds. The fourth-order valence-electron chi connectivity index (χ4n) is 2.11. The third-order valence-electron chi connectivity index (χ3n) is 3.26. The van der Waals surface area contributed by atoms with E-state index in [1.54, 1.807) is 14.0 Å².